The van der Waals surface area contributed by atoms with Crippen LogP contribution in [0.15, 0.2) is 29.2 Å². The number of fused-ring (bicyclic) bond motifs is 2. The van der Waals surface area contributed by atoms with E-state index < -0.39 is 0 Å². The normalized spacial score (nSPS) is 20.4. The highest BCUT2D eigenvalue weighted by Gasteiger charge is 2.27. The number of anilines is 2. The first-order valence-corrected chi connectivity index (χ1v) is 13.7. The average molecular weight is 510 g/mol. The van der Waals surface area contributed by atoms with Crippen LogP contribution in [0.5, 0.6) is 11.5 Å². The van der Waals surface area contributed by atoms with Gasteiger partial charge >= 0.3 is 5.69 Å². The number of likely N-dealkylation sites (tertiary alicyclic amines) is 2. The quantitative estimate of drug-likeness (QED) is 0.443. The molecule has 4 heterocycles. The predicted molar refractivity (Wildman–Crippen MR) is 144 cm³/mol. The number of nitrogens with zero attached hydrogens (tertiary/aromatic N) is 4. The summed E-state index contributed by atoms with van der Waals surface area (Å²) in [5.74, 6) is 2.29. The van der Waals surface area contributed by atoms with Gasteiger partial charge in [0.05, 0.1) is 11.9 Å². The molecule has 1 unspecified atom stereocenters. The topological polar surface area (TPSA) is 132 Å². The number of nitrogens with two attached hydrogens (primary N) is 2. The minimum absolute atomic E-state index is 0.114. The Morgan fingerprint density at radius 2 is 1.89 bits per heavy atom. The van der Waals surface area contributed by atoms with Crippen molar-refractivity contribution >= 4 is 17.4 Å². The van der Waals surface area contributed by atoms with Crippen molar-refractivity contribution in [3.8, 4) is 11.5 Å². The first-order chi connectivity index (χ1) is 18.1. The van der Waals surface area contributed by atoms with Gasteiger partial charge in [-0.2, -0.15) is 4.98 Å². The Hall–Kier alpha value is -2.95. The number of carbonyl (C=O) groups excluding carboxylic acids is 1. The zero-order valence-corrected chi connectivity index (χ0v) is 21.5. The largest absolute Gasteiger partial charge is 0.450 e. The highest BCUT2D eigenvalue weighted by atomic mass is 16.5. The Morgan fingerprint density at radius 3 is 2.68 bits per heavy atom. The van der Waals surface area contributed by atoms with Crippen molar-refractivity contribution in [3.05, 3.63) is 40.4 Å². The number of aromatic nitrogens is 2. The lowest BCUT2D eigenvalue weighted by atomic mass is 9.89. The molecule has 5 rings (SSSR count). The summed E-state index contributed by atoms with van der Waals surface area (Å²) in [5, 5.41) is 3.33. The van der Waals surface area contributed by atoms with Gasteiger partial charge in [0.25, 0.3) is 0 Å². The Morgan fingerprint density at radius 1 is 1.05 bits per heavy atom. The van der Waals surface area contributed by atoms with Crippen LogP contribution in [0.3, 0.4) is 0 Å². The van der Waals surface area contributed by atoms with Crippen LogP contribution in [-0.2, 0) is 4.79 Å². The molecule has 0 aliphatic carbocycles. The third-order valence-corrected chi connectivity index (χ3v) is 7.93. The van der Waals surface area contributed by atoms with E-state index in [0.717, 1.165) is 82.7 Å². The number of hydrogen-bond donors (Lipinski definition) is 3. The zero-order chi connectivity index (χ0) is 25.8. The third-order valence-electron chi connectivity index (χ3n) is 7.93. The third kappa shape index (κ3) is 5.81. The maximum atomic E-state index is 13.0. The van der Waals surface area contributed by atoms with E-state index >= 15 is 0 Å². The molecule has 2 fully saturated rings. The molecule has 3 aliphatic heterocycles. The minimum atomic E-state index is -0.246. The first kappa shape index (κ1) is 25.7. The van der Waals surface area contributed by atoms with Crippen molar-refractivity contribution in [2.24, 2.45) is 11.5 Å². The number of benzene rings is 1. The van der Waals surface area contributed by atoms with Crippen LogP contribution in [0.2, 0.25) is 0 Å². The molecular weight excluding hydrogens is 470 g/mol. The first-order valence-electron chi connectivity index (χ1n) is 13.7. The summed E-state index contributed by atoms with van der Waals surface area (Å²) in [6.07, 6.45) is 7.97. The van der Waals surface area contributed by atoms with Gasteiger partial charge < -0.3 is 31.3 Å². The molecule has 2 aromatic rings. The molecule has 5 N–H and O–H groups in total. The number of rotatable bonds is 7. The lowest BCUT2D eigenvalue weighted by Gasteiger charge is -2.33. The van der Waals surface area contributed by atoms with E-state index in [1.54, 1.807) is 4.57 Å². The summed E-state index contributed by atoms with van der Waals surface area (Å²) >= 11 is 0. The molecule has 1 amide bonds. The average Bonchev–Trinajstić information content (AvgIpc) is 3.16. The van der Waals surface area contributed by atoms with Gasteiger partial charge in [0.2, 0.25) is 5.91 Å². The molecule has 0 saturated carbocycles. The molecule has 1 atom stereocenters. The van der Waals surface area contributed by atoms with Crippen molar-refractivity contribution in [2.75, 3.05) is 51.1 Å². The van der Waals surface area contributed by atoms with Crippen LogP contribution < -0.4 is 27.2 Å². The van der Waals surface area contributed by atoms with Crippen molar-refractivity contribution in [2.45, 2.75) is 56.9 Å². The summed E-state index contributed by atoms with van der Waals surface area (Å²) in [6, 6.07) is 6.30. The lowest BCUT2D eigenvalue weighted by molar-refractivity contribution is -0.132. The van der Waals surface area contributed by atoms with E-state index in [1.807, 2.05) is 17.2 Å². The molecule has 3 aliphatic rings. The molecule has 37 heavy (non-hydrogen) atoms. The SMILES string of the molecule is NCCCN1CCCC(n2cc3c(nc2=O)Nc2cc(C4CCN(C(=O)CCN)CC4)ccc2O3)CC1. The highest BCUT2D eigenvalue weighted by molar-refractivity contribution is 5.76. The van der Waals surface area contributed by atoms with Gasteiger partial charge in [-0.15, -0.1) is 0 Å². The fourth-order valence-corrected chi connectivity index (χ4v) is 5.81. The van der Waals surface area contributed by atoms with Crippen LogP contribution in [-0.4, -0.2) is 71.1 Å². The van der Waals surface area contributed by atoms with Crippen LogP contribution in [0.1, 0.15) is 62.5 Å². The second-order valence-electron chi connectivity index (χ2n) is 10.4. The predicted octanol–water partition coefficient (Wildman–Crippen LogP) is 2.52. The molecule has 0 radical (unpaired) electrons. The molecule has 0 spiro atoms. The van der Waals surface area contributed by atoms with E-state index in [9.17, 15) is 9.59 Å². The van der Waals surface area contributed by atoms with E-state index in [0.29, 0.717) is 37.0 Å². The number of ether oxygens (including phenoxy) is 1. The van der Waals surface area contributed by atoms with Crippen LogP contribution in [0, 0.1) is 0 Å². The van der Waals surface area contributed by atoms with Gasteiger partial charge in [0, 0.05) is 38.6 Å². The smallest absolute Gasteiger partial charge is 0.350 e. The number of carbonyl (C=O) groups is 1. The Labute approximate surface area is 218 Å². The van der Waals surface area contributed by atoms with E-state index in [-0.39, 0.29) is 17.6 Å². The fourth-order valence-electron chi connectivity index (χ4n) is 5.81. The number of amides is 1. The Kier molecular flexibility index (Phi) is 8.07. The Balaban J connectivity index is 1.26. The van der Waals surface area contributed by atoms with Crippen LogP contribution in [0.25, 0.3) is 0 Å². The summed E-state index contributed by atoms with van der Waals surface area (Å²) < 4.78 is 7.97. The van der Waals surface area contributed by atoms with Crippen molar-refractivity contribution < 1.29 is 9.53 Å². The zero-order valence-electron chi connectivity index (χ0n) is 21.5. The maximum Gasteiger partial charge on any atom is 0.350 e. The van der Waals surface area contributed by atoms with E-state index in [1.165, 1.54) is 5.56 Å². The molecule has 2 saturated heterocycles. The second-order valence-corrected chi connectivity index (χ2v) is 10.4. The monoisotopic (exact) mass is 509 g/mol. The van der Waals surface area contributed by atoms with Gasteiger partial charge in [0.1, 0.15) is 0 Å². The molecule has 1 aromatic heterocycles. The van der Waals surface area contributed by atoms with Gasteiger partial charge in [-0.05, 0) is 81.8 Å². The molecule has 0 bridgehead atoms. The van der Waals surface area contributed by atoms with Crippen molar-refractivity contribution in [1.82, 2.24) is 19.4 Å². The van der Waals surface area contributed by atoms with Crippen LogP contribution >= 0.6 is 0 Å². The molecule has 10 nitrogen and oxygen atoms in total. The fraction of sp³-hybridized carbons (Fsp3) is 0.593. The van der Waals surface area contributed by atoms with E-state index in [2.05, 4.69) is 27.3 Å². The van der Waals surface area contributed by atoms with Crippen molar-refractivity contribution in [3.63, 3.8) is 0 Å². The molecule has 10 heteroatoms. The lowest BCUT2D eigenvalue weighted by Crippen LogP contribution is -2.38. The second kappa shape index (κ2) is 11.6. The van der Waals surface area contributed by atoms with Gasteiger partial charge in [-0.25, -0.2) is 4.79 Å². The summed E-state index contributed by atoms with van der Waals surface area (Å²) in [6.45, 7) is 5.61. The molecular formula is C27H39N7O3. The van der Waals surface area contributed by atoms with Crippen molar-refractivity contribution in [1.29, 1.82) is 0 Å². The van der Waals surface area contributed by atoms with Gasteiger partial charge in [-0.1, -0.05) is 6.07 Å². The minimum Gasteiger partial charge on any atom is -0.450 e. The summed E-state index contributed by atoms with van der Waals surface area (Å²) in [5.41, 5.74) is 13.0. The summed E-state index contributed by atoms with van der Waals surface area (Å²) in [4.78, 5) is 33.9. The Bertz CT molecular complexity index is 1160. The van der Waals surface area contributed by atoms with Gasteiger partial charge in [0.15, 0.2) is 17.3 Å². The maximum absolute atomic E-state index is 13.0. The van der Waals surface area contributed by atoms with Crippen LogP contribution in [0.4, 0.5) is 11.5 Å². The number of piperidine rings is 1. The molecule has 1 aromatic carbocycles. The highest BCUT2D eigenvalue weighted by Crippen LogP contribution is 2.42. The van der Waals surface area contributed by atoms with Gasteiger partial charge in [-0.3, -0.25) is 9.36 Å². The summed E-state index contributed by atoms with van der Waals surface area (Å²) in [7, 11) is 0. The number of nitrogens with one attached hydrogen (secondary N) is 1. The van der Waals surface area contributed by atoms with E-state index in [4.69, 9.17) is 16.2 Å². The molecule has 200 valence electrons. The number of hydrogen-bond acceptors (Lipinski definition) is 8. The standard InChI is InChI=1S/C27H39N7O3/c28-10-2-13-32-12-1-3-21(9-14-32)34-18-24-26(31-27(34)36)30-22-17-20(4-5-23(22)37-24)19-7-15-33(16-8-19)25(35)6-11-29/h4-5,17-19,21H,1-3,6-16,28-29H2,(H,30,31,36).